The maximum Gasteiger partial charge on any atom is 0.235 e. The molecule has 0 spiro atoms. The number of rotatable bonds is 2. The SMILES string of the molecule is CCC1CCC(C)C(C(N)=O)N(C)C1. The summed E-state index contributed by atoms with van der Waals surface area (Å²) in [6, 6.07) is -0.0634. The Balaban J connectivity index is 2.71. The predicted octanol–water partition coefficient (Wildman–Crippen LogP) is 1.23. The second-order valence-corrected chi connectivity index (χ2v) is 4.62. The molecule has 3 heteroatoms. The van der Waals surface area contributed by atoms with Crippen LogP contribution in [0.5, 0.6) is 0 Å². The minimum absolute atomic E-state index is 0.0634. The molecule has 0 aliphatic carbocycles. The zero-order valence-corrected chi connectivity index (χ0v) is 9.49. The molecular formula is C11H22N2O. The van der Waals surface area contributed by atoms with Crippen molar-refractivity contribution in [2.75, 3.05) is 13.6 Å². The average Bonchev–Trinajstić information content (AvgIpc) is 2.24. The zero-order valence-electron chi connectivity index (χ0n) is 9.49. The lowest BCUT2D eigenvalue weighted by atomic mass is 9.94. The third-order valence-corrected chi connectivity index (χ3v) is 3.46. The van der Waals surface area contributed by atoms with E-state index in [4.69, 9.17) is 5.73 Å². The van der Waals surface area contributed by atoms with Crippen molar-refractivity contribution in [1.29, 1.82) is 0 Å². The van der Waals surface area contributed by atoms with Gasteiger partial charge < -0.3 is 5.73 Å². The number of hydrogen-bond acceptors (Lipinski definition) is 2. The van der Waals surface area contributed by atoms with Crippen molar-refractivity contribution in [3.05, 3.63) is 0 Å². The molecule has 1 heterocycles. The Hall–Kier alpha value is -0.570. The van der Waals surface area contributed by atoms with Crippen LogP contribution in [-0.4, -0.2) is 30.4 Å². The van der Waals surface area contributed by atoms with Crippen LogP contribution in [0.15, 0.2) is 0 Å². The van der Waals surface area contributed by atoms with Gasteiger partial charge in [-0.2, -0.15) is 0 Å². The molecule has 3 unspecified atom stereocenters. The van der Waals surface area contributed by atoms with Gasteiger partial charge in [0.25, 0.3) is 0 Å². The predicted molar refractivity (Wildman–Crippen MR) is 57.8 cm³/mol. The molecule has 1 rings (SSSR count). The van der Waals surface area contributed by atoms with Crippen molar-refractivity contribution in [1.82, 2.24) is 4.90 Å². The third-order valence-electron chi connectivity index (χ3n) is 3.46. The second kappa shape index (κ2) is 4.78. The molecule has 2 N–H and O–H groups in total. The summed E-state index contributed by atoms with van der Waals surface area (Å²) in [5.41, 5.74) is 5.42. The summed E-state index contributed by atoms with van der Waals surface area (Å²) < 4.78 is 0. The Bertz CT molecular complexity index is 205. The van der Waals surface area contributed by atoms with Gasteiger partial charge in [-0.15, -0.1) is 0 Å². The molecule has 0 saturated carbocycles. The number of nitrogens with zero attached hydrogens (tertiary/aromatic N) is 1. The van der Waals surface area contributed by atoms with E-state index in [0.29, 0.717) is 5.92 Å². The Kier molecular flexibility index (Phi) is 3.93. The number of carbonyl (C=O) groups excluding carboxylic acids is 1. The number of likely N-dealkylation sites (N-methyl/N-ethyl adjacent to an activating group) is 1. The average molecular weight is 198 g/mol. The lowest BCUT2D eigenvalue weighted by molar-refractivity contribution is -0.124. The fraction of sp³-hybridized carbons (Fsp3) is 0.909. The molecule has 1 aliphatic rings. The molecule has 0 aromatic heterocycles. The largest absolute Gasteiger partial charge is 0.368 e. The van der Waals surface area contributed by atoms with Gasteiger partial charge in [-0.3, -0.25) is 9.69 Å². The van der Waals surface area contributed by atoms with Crippen LogP contribution < -0.4 is 5.73 Å². The molecule has 0 bridgehead atoms. The van der Waals surface area contributed by atoms with Crippen LogP contribution in [0.4, 0.5) is 0 Å². The van der Waals surface area contributed by atoms with Crippen molar-refractivity contribution in [2.45, 2.75) is 39.2 Å². The first-order chi connectivity index (χ1) is 6.56. The minimum atomic E-state index is -0.170. The Morgan fingerprint density at radius 2 is 2.14 bits per heavy atom. The van der Waals surface area contributed by atoms with Gasteiger partial charge in [0, 0.05) is 6.54 Å². The number of likely N-dealkylation sites (tertiary alicyclic amines) is 1. The number of nitrogens with two attached hydrogens (primary N) is 1. The first-order valence-corrected chi connectivity index (χ1v) is 5.55. The zero-order chi connectivity index (χ0) is 10.7. The van der Waals surface area contributed by atoms with Crippen LogP contribution in [0.3, 0.4) is 0 Å². The summed E-state index contributed by atoms with van der Waals surface area (Å²) in [5.74, 6) is 0.956. The highest BCUT2D eigenvalue weighted by Crippen LogP contribution is 2.26. The van der Waals surface area contributed by atoms with Crippen LogP contribution in [0.1, 0.15) is 33.1 Å². The number of carbonyl (C=O) groups is 1. The van der Waals surface area contributed by atoms with Crippen LogP contribution in [0.25, 0.3) is 0 Å². The van der Waals surface area contributed by atoms with E-state index in [2.05, 4.69) is 18.7 Å². The molecule has 3 nitrogen and oxygen atoms in total. The van der Waals surface area contributed by atoms with Crippen molar-refractivity contribution in [3.8, 4) is 0 Å². The van der Waals surface area contributed by atoms with E-state index in [1.54, 1.807) is 0 Å². The van der Waals surface area contributed by atoms with E-state index in [0.717, 1.165) is 18.9 Å². The summed E-state index contributed by atoms with van der Waals surface area (Å²) in [6.45, 7) is 5.35. The topological polar surface area (TPSA) is 46.3 Å². The minimum Gasteiger partial charge on any atom is -0.368 e. The molecule has 14 heavy (non-hydrogen) atoms. The van der Waals surface area contributed by atoms with Crippen molar-refractivity contribution in [3.63, 3.8) is 0 Å². The van der Waals surface area contributed by atoms with Crippen LogP contribution in [0, 0.1) is 11.8 Å². The molecule has 0 aromatic carbocycles. The Labute approximate surface area is 86.6 Å². The Morgan fingerprint density at radius 1 is 1.50 bits per heavy atom. The fourth-order valence-corrected chi connectivity index (χ4v) is 2.53. The maximum atomic E-state index is 11.3. The molecule has 1 aliphatic heterocycles. The molecule has 0 aromatic rings. The van der Waals surface area contributed by atoms with E-state index in [1.807, 2.05) is 7.05 Å². The summed E-state index contributed by atoms with van der Waals surface area (Å²) in [7, 11) is 2.01. The van der Waals surface area contributed by atoms with Crippen LogP contribution in [0.2, 0.25) is 0 Å². The normalized spacial score (nSPS) is 35.2. The van der Waals surface area contributed by atoms with Crippen LogP contribution >= 0.6 is 0 Å². The molecule has 1 fully saturated rings. The number of primary amides is 1. The monoisotopic (exact) mass is 198 g/mol. The van der Waals surface area contributed by atoms with E-state index >= 15 is 0 Å². The first kappa shape index (κ1) is 11.5. The van der Waals surface area contributed by atoms with Gasteiger partial charge in [-0.25, -0.2) is 0 Å². The molecule has 0 radical (unpaired) electrons. The van der Waals surface area contributed by atoms with Gasteiger partial charge in [-0.05, 0) is 31.7 Å². The van der Waals surface area contributed by atoms with Crippen molar-refractivity contribution >= 4 is 5.91 Å². The maximum absolute atomic E-state index is 11.3. The van der Waals surface area contributed by atoms with Crippen molar-refractivity contribution in [2.24, 2.45) is 17.6 Å². The lowest BCUT2D eigenvalue weighted by Gasteiger charge is -2.28. The van der Waals surface area contributed by atoms with E-state index in [9.17, 15) is 4.79 Å². The summed E-state index contributed by atoms with van der Waals surface area (Å²) in [5, 5.41) is 0. The highest BCUT2D eigenvalue weighted by molar-refractivity contribution is 5.80. The molecule has 3 atom stereocenters. The third kappa shape index (κ3) is 2.47. The van der Waals surface area contributed by atoms with Crippen molar-refractivity contribution < 1.29 is 4.79 Å². The number of hydrogen-bond donors (Lipinski definition) is 1. The second-order valence-electron chi connectivity index (χ2n) is 4.62. The fourth-order valence-electron chi connectivity index (χ4n) is 2.53. The summed E-state index contributed by atoms with van der Waals surface area (Å²) in [4.78, 5) is 13.4. The van der Waals surface area contributed by atoms with Gasteiger partial charge >= 0.3 is 0 Å². The van der Waals surface area contributed by atoms with Gasteiger partial charge in [-0.1, -0.05) is 20.3 Å². The summed E-state index contributed by atoms with van der Waals surface area (Å²) in [6.07, 6.45) is 3.55. The first-order valence-electron chi connectivity index (χ1n) is 5.55. The van der Waals surface area contributed by atoms with Gasteiger partial charge in [0.15, 0.2) is 0 Å². The lowest BCUT2D eigenvalue weighted by Crippen LogP contribution is -2.46. The quantitative estimate of drug-likeness (QED) is 0.725. The summed E-state index contributed by atoms with van der Waals surface area (Å²) >= 11 is 0. The van der Waals surface area contributed by atoms with Gasteiger partial charge in [0.1, 0.15) is 0 Å². The smallest absolute Gasteiger partial charge is 0.235 e. The molecule has 82 valence electrons. The van der Waals surface area contributed by atoms with E-state index in [1.165, 1.54) is 12.8 Å². The molecular weight excluding hydrogens is 176 g/mol. The van der Waals surface area contributed by atoms with Gasteiger partial charge in [0.2, 0.25) is 5.91 Å². The van der Waals surface area contributed by atoms with E-state index < -0.39 is 0 Å². The highest BCUT2D eigenvalue weighted by Gasteiger charge is 2.31. The molecule has 1 amide bonds. The standard InChI is InChI=1S/C11H22N2O/c1-4-9-6-5-8(2)10(11(12)14)13(3)7-9/h8-10H,4-7H2,1-3H3,(H2,12,14). The molecule has 1 saturated heterocycles. The van der Waals surface area contributed by atoms with Gasteiger partial charge in [0.05, 0.1) is 6.04 Å². The highest BCUT2D eigenvalue weighted by atomic mass is 16.1. The van der Waals surface area contributed by atoms with Crippen LogP contribution in [-0.2, 0) is 4.79 Å². The number of amides is 1. The Morgan fingerprint density at radius 3 is 2.64 bits per heavy atom. The van der Waals surface area contributed by atoms with E-state index in [-0.39, 0.29) is 11.9 Å².